The third-order valence-corrected chi connectivity index (χ3v) is 3.21. The Morgan fingerprint density at radius 1 is 1.04 bits per heavy atom. The van der Waals surface area contributed by atoms with E-state index < -0.39 is 6.61 Å². The maximum Gasteiger partial charge on any atom is 0.387 e. The lowest BCUT2D eigenvalue weighted by Gasteiger charge is -2.12. The van der Waals surface area contributed by atoms with E-state index in [2.05, 4.69) is 15.4 Å². The number of carbonyl (C=O) groups is 1. The highest BCUT2D eigenvalue weighted by Crippen LogP contribution is 2.28. The molecule has 0 bridgehead atoms. The summed E-state index contributed by atoms with van der Waals surface area (Å²) in [5, 5.41) is 5.60. The molecule has 8 heteroatoms. The number of amides is 1. The number of nitrogens with one attached hydrogen (secondary N) is 2. The van der Waals surface area contributed by atoms with Crippen molar-refractivity contribution in [3.8, 4) is 17.2 Å². The molecule has 0 fully saturated rings. The summed E-state index contributed by atoms with van der Waals surface area (Å²) in [6.07, 6.45) is 0. The van der Waals surface area contributed by atoms with E-state index in [9.17, 15) is 13.6 Å². The molecule has 0 heterocycles. The summed E-state index contributed by atoms with van der Waals surface area (Å²) >= 11 is 0. The normalized spacial score (nSPS) is 10.3. The maximum atomic E-state index is 12.1. The first-order valence-corrected chi connectivity index (χ1v) is 7.32. The van der Waals surface area contributed by atoms with Crippen LogP contribution in [0, 0.1) is 0 Å². The first-order valence-electron chi connectivity index (χ1n) is 7.32. The number of methoxy groups -OCH3 is 2. The second kappa shape index (κ2) is 8.72. The minimum atomic E-state index is -2.87. The molecule has 0 aliphatic carbocycles. The molecule has 2 aromatic carbocycles. The quantitative estimate of drug-likeness (QED) is 0.762. The van der Waals surface area contributed by atoms with Gasteiger partial charge in [-0.15, -0.1) is 0 Å². The summed E-state index contributed by atoms with van der Waals surface area (Å²) in [6.45, 7) is -2.89. The lowest BCUT2D eigenvalue weighted by atomic mass is 10.2. The Balaban J connectivity index is 1.92. The molecule has 0 aromatic heterocycles. The van der Waals surface area contributed by atoms with E-state index >= 15 is 0 Å². The highest BCUT2D eigenvalue weighted by Gasteiger charge is 2.09. The predicted octanol–water partition coefficient (Wildman–Crippen LogP) is 3.36. The van der Waals surface area contributed by atoms with Crippen molar-refractivity contribution in [2.75, 3.05) is 31.4 Å². The van der Waals surface area contributed by atoms with Crippen LogP contribution in [0.1, 0.15) is 0 Å². The highest BCUT2D eigenvalue weighted by molar-refractivity contribution is 5.95. The summed E-state index contributed by atoms with van der Waals surface area (Å²) in [6, 6.07) is 10.9. The van der Waals surface area contributed by atoms with E-state index in [-0.39, 0.29) is 18.2 Å². The number of hydrogen-bond acceptors (Lipinski definition) is 5. The third-order valence-electron chi connectivity index (χ3n) is 3.21. The molecule has 2 N–H and O–H groups in total. The molecule has 0 saturated heterocycles. The van der Waals surface area contributed by atoms with Gasteiger partial charge in [0.2, 0.25) is 5.91 Å². The van der Waals surface area contributed by atoms with Gasteiger partial charge >= 0.3 is 6.61 Å². The fraction of sp³-hybridized carbons (Fsp3) is 0.235. The zero-order valence-electron chi connectivity index (χ0n) is 13.7. The molecule has 2 rings (SSSR count). The fourth-order valence-electron chi connectivity index (χ4n) is 2.04. The van der Waals surface area contributed by atoms with Gasteiger partial charge in [0.25, 0.3) is 0 Å². The van der Waals surface area contributed by atoms with Crippen molar-refractivity contribution in [3.05, 3.63) is 42.5 Å². The zero-order valence-corrected chi connectivity index (χ0v) is 13.7. The lowest BCUT2D eigenvalue weighted by molar-refractivity contribution is -0.114. The van der Waals surface area contributed by atoms with Gasteiger partial charge in [-0.2, -0.15) is 8.78 Å². The standard InChI is InChI=1S/C17H18F2N2O4/c1-23-13-7-8-15(24-2)14(9-13)21-16(22)10-20-11-3-5-12(6-4-11)25-17(18)19/h3-9,17,20H,10H2,1-2H3,(H,21,22). The minimum absolute atomic E-state index is 0.0184. The van der Waals surface area contributed by atoms with Crippen LogP contribution in [-0.2, 0) is 4.79 Å². The van der Waals surface area contributed by atoms with Crippen LogP contribution in [-0.4, -0.2) is 33.3 Å². The van der Waals surface area contributed by atoms with E-state index in [1.807, 2.05) is 0 Å². The highest BCUT2D eigenvalue weighted by atomic mass is 19.3. The lowest BCUT2D eigenvalue weighted by Crippen LogP contribution is -2.22. The Morgan fingerprint density at radius 2 is 1.72 bits per heavy atom. The van der Waals surface area contributed by atoms with Gasteiger partial charge in [0, 0.05) is 11.8 Å². The van der Waals surface area contributed by atoms with Crippen LogP contribution in [0.3, 0.4) is 0 Å². The summed E-state index contributed by atoms with van der Waals surface area (Å²) in [5.41, 5.74) is 1.07. The van der Waals surface area contributed by atoms with Gasteiger partial charge in [-0.25, -0.2) is 0 Å². The number of ether oxygens (including phenoxy) is 3. The molecule has 0 atom stereocenters. The summed E-state index contributed by atoms with van der Waals surface area (Å²) in [5.74, 6) is 0.826. The first kappa shape index (κ1) is 18.3. The number of halogens is 2. The fourth-order valence-corrected chi connectivity index (χ4v) is 2.04. The van der Waals surface area contributed by atoms with Crippen LogP contribution in [0.15, 0.2) is 42.5 Å². The summed E-state index contributed by atoms with van der Waals surface area (Å²) in [7, 11) is 3.02. The first-order chi connectivity index (χ1) is 12.0. The SMILES string of the molecule is COc1ccc(OC)c(NC(=O)CNc2ccc(OC(F)F)cc2)c1. The molecule has 0 aliphatic rings. The summed E-state index contributed by atoms with van der Waals surface area (Å²) < 4.78 is 38.7. The topological polar surface area (TPSA) is 68.8 Å². The van der Waals surface area contributed by atoms with E-state index in [1.165, 1.54) is 38.5 Å². The van der Waals surface area contributed by atoms with Crippen molar-refractivity contribution in [1.29, 1.82) is 0 Å². The van der Waals surface area contributed by atoms with Gasteiger partial charge in [0.05, 0.1) is 26.5 Å². The van der Waals surface area contributed by atoms with Gasteiger partial charge in [0.15, 0.2) is 0 Å². The Bertz CT molecular complexity index is 708. The second-order valence-corrected chi connectivity index (χ2v) is 4.87. The zero-order chi connectivity index (χ0) is 18.2. The average Bonchev–Trinajstić information content (AvgIpc) is 2.60. The molecular weight excluding hydrogens is 334 g/mol. The number of carbonyl (C=O) groups excluding carboxylic acids is 1. The number of alkyl halides is 2. The van der Waals surface area contributed by atoms with Crippen LogP contribution < -0.4 is 24.8 Å². The average molecular weight is 352 g/mol. The molecular formula is C17H18F2N2O4. The van der Waals surface area contributed by atoms with Gasteiger partial charge < -0.3 is 24.8 Å². The van der Waals surface area contributed by atoms with Crippen LogP contribution in [0.5, 0.6) is 17.2 Å². The Kier molecular flexibility index (Phi) is 6.39. The largest absolute Gasteiger partial charge is 0.497 e. The molecule has 0 spiro atoms. The number of benzene rings is 2. The second-order valence-electron chi connectivity index (χ2n) is 4.87. The molecule has 0 aliphatic heterocycles. The predicted molar refractivity (Wildman–Crippen MR) is 89.7 cm³/mol. The van der Waals surface area contributed by atoms with Crippen LogP contribution >= 0.6 is 0 Å². The van der Waals surface area contributed by atoms with Crippen LogP contribution in [0.25, 0.3) is 0 Å². The van der Waals surface area contributed by atoms with Crippen molar-refractivity contribution < 1.29 is 27.8 Å². The molecule has 1 amide bonds. The van der Waals surface area contributed by atoms with Gasteiger partial charge in [0.1, 0.15) is 17.2 Å². The van der Waals surface area contributed by atoms with Crippen molar-refractivity contribution >= 4 is 17.3 Å². The summed E-state index contributed by atoms with van der Waals surface area (Å²) in [4.78, 5) is 12.1. The smallest absolute Gasteiger partial charge is 0.387 e. The van der Waals surface area contributed by atoms with E-state index in [4.69, 9.17) is 9.47 Å². The molecule has 2 aromatic rings. The third kappa shape index (κ3) is 5.52. The Labute approximate surface area is 143 Å². The number of anilines is 2. The molecule has 6 nitrogen and oxygen atoms in total. The molecule has 0 radical (unpaired) electrons. The van der Waals surface area contributed by atoms with Gasteiger partial charge in [-0.05, 0) is 36.4 Å². The molecule has 25 heavy (non-hydrogen) atoms. The van der Waals surface area contributed by atoms with Gasteiger partial charge in [-0.1, -0.05) is 0 Å². The number of rotatable bonds is 8. The maximum absolute atomic E-state index is 12.1. The van der Waals surface area contributed by atoms with Crippen LogP contribution in [0.4, 0.5) is 20.2 Å². The monoisotopic (exact) mass is 352 g/mol. The van der Waals surface area contributed by atoms with Crippen molar-refractivity contribution in [3.63, 3.8) is 0 Å². The molecule has 134 valence electrons. The van der Waals surface area contributed by atoms with Gasteiger partial charge in [-0.3, -0.25) is 4.79 Å². The van der Waals surface area contributed by atoms with E-state index in [1.54, 1.807) is 18.2 Å². The Morgan fingerprint density at radius 3 is 2.32 bits per heavy atom. The van der Waals surface area contributed by atoms with E-state index in [0.717, 1.165) is 0 Å². The number of hydrogen-bond donors (Lipinski definition) is 2. The van der Waals surface area contributed by atoms with Crippen molar-refractivity contribution in [2.45, 2.75) is 6.61 Å². The van der Waals surface area contributed by atoms with Crippen molar-refractivity contribution in [2.24, 2.45) is 0 Å². The van der Waals surface area contributed by atoms with E-state index in [0.29, 0.717) is 22.9 Å². The molecule has 0 unspecified atom stereocenters. The Hall–Kier alpha value is -3.03. The minimum Gasteiger partial charge on any atom is -0.497 e. The van der Waals surface area contributed by atoms with Crippen LogP contribution in [0.2, 0.25) is 0 Å². The molecule has 0 saturated carbocycles. The van der Waals surface area contributed by atoms with Crippen molar-refractivity contribution in [1.82, 2.24) is 0 Å².